The minimum absolute atomic E-state index is 0.559. The van der Waals surface area contributed by atoms with Gasteiger partial charge in [-0.15, -0.1) is 0 Å². The fraction of sp³-hybridized carbons (Fsp3) is 0.208. The normalized spacial score (nSPS) is 30.5. The van der Waals surface area contributed by atoms with Crippen LogP contribution in [0.5, 0.6) is 0 Å². The number of aliphatic hydroxyl groups is 1. The summed E-state index contributed by atoms with van der Waals surface area (Å²) in [6.45, 7) is 0. The molecule has 4 heteroatoms. The van der Waals surface area contributed by atoms with Crippen LogP contribution in [0.1, 0.15) is 11.1 Å². The van der Waals surface area contributed by atoms with Crippen molar-refractivity contribution in [1.29, 1.82) is 0 Å². The lowest BCUT2D eigenvalue weighted by Crippen LogP contribution is -2.70. The molecule has 0 amide bonds. The average Bonchev–Trinajstić information content (AvgIpc) is 2.77. The molecule has 3 aliphatic carbocycles. The zero-order chi connectivity index (χ0) is 19.8. The van der Waals surface area contributed by atoms with E-state index in [0.29, 0.717) is 11.1 Å². The standard InChI is InChI=1S/C24H20O4/c1-27-22-15-16-23(28-2,20(17-22)19-11-7-4-8-12-19)21(25)24(22,26)14-13-18-9-5-3-6-10-18/h3-12,15-17,26H,1-2H3. The van der Waals surface area contributed by atoms with Crippen LogP contribution in [0.15, 0.2) is 78.9 Å². The summed E-state index contributed by atoms with van der Waals surface area (Å²) >= 11 is 0. The van der Waals surface area contributed by atoms with Crippen LogP contribution in [-0.2, 0) is 14.3 Å². The Bertz CT molecular complexity index is 1030. The number of hydrogen-bond acceptors (Lipinski definition) is 4. The number of carbonyl (C=O) groups excluding carboxylic acids is 1. The van der Waals surface area contributed by atoms with Crippen LogP contribution in [0.4, 0.5) is 0 Å². The SMILES string of the molecule is COC12C=CC(OC)(C=C1c1ccccc1)C(O)(C#Cc1ccccc1)C2=O. The van der Waals surface area contributed by atoms with Crippen LogP contribution >= 0.6 is 0 Å². The van der Waals surface area contributed by atoms with E-state index < -0.39 is 22.6 Å². The van der Waals surface area contributed by atoms with Crippen LogP contribution in [-0.4, -0.2) is 41.9 Å². The third kappa shape index (κ3) is 2.42. The summed E-state index contributed by atoms with van der Waals surface area (Å²) in [4.78, 5) is 13.6. The monoisotopic (exact) mass is 372 g/mol. The van der Waals surface area contributed by atoms with Crippen molar-refractivity contribution in [3.05, 3.63) is 90.0 Å². The van der Waals surface area contributed by atoms with E-state index in [0.717, 1.165) is 5.56 Å². The van der Waals surface area contributed by atoms with Gasteiger partial charge in [-0.25, -0.2) is 0 Å². The Hall–Kier alpha value is -2.97. The van der Waals surface area contributed by atoms with Gasteiger partial charge in [-0.2, -0.15) is 0 Å². The van der Waals surface area contributed by atoms with E-state index in [-0.39, 0.29) is 0 Å². The zero-order valence-electron chi connectivity index (χ0n) is 15.7. The minimum atomic E-state index is -2.08. The van der Waals surface area contributed by atoms with Gasteiger partial charge < -0.3 is 14.6 Å². The van der Waals surface area contributed by atoms with Gasteiger partial charge in [0.05, 0.1) is 0 Å². The molecule has 0 aromatic heterocycles. The summed E-state index contributed by atoms with van der Waals surface area (Å²) in [5.74, 6) is 5.12. The molecule has 0 heterocycles. The van der Waals surface area contributed by atoms with Gasteiger partial charge in [0.25, 0.3) is 0 Å². The Morgan fingerprint density at radius 2 is 1.54 bits per heavy atom. The Kier molecular flexibility index (Phi) is 4.32. The van der Waals surface area contributed by atoms with Crippen molar-refractivity contribution in [3.63, 3.8) is 0 Å². The Labute approximate surface area is 164 Å². The Morgan fingerprint density at radius 3 is 2.14 bits per heavy atom. The van der Waals surface area contributed by atoms with E-state index in [1.54, 1.807) is 18.2 Å². The smallest absolute Gasteiger partial charge is 0.225 e. The van der Waals surface area contributed by atoms with Crippen LogP contribution in [0.3, 0.4) is 0 Å². The van der Waals surface area contributed by atoms with Crippen molar-refractivity contribution in [2.45, 2.75) is 16.8 Å². The van der Waals surface area contributed by atoms with Crippen molar-refractivity contribution >= 4 is 11.4 Å². The van der Waals surface area contributed by atoms with E-state index in [4.69, 9.17) is 9.47 Å². The molecular formula is C24H20O4. The second kappa shape index (κ2) is 6.57. The first-order valence-electron chi connectivity index (χ1n) is 8.96. The van der Waals surface area contributed by atoms with Gasteiger partial charge in [0.15, 0.2) is 11.2 Å². The summed E-state index contributed by atoms with van der Waals surface area (Å²) in [7, 11) is 2.91. The summed E-state index contributed by atoms with van der Waals surface area (Å²) in [6, 6.07) is 18.7. The molecule has 2 aromatic rings. The lowest BCUT2D eigenvalue weighted by atomic mass is 9.60. The molecule has 0 spiro atoms. The number of ether oxygens (including phenoxy) is 2. The molecule has 0 radical (unpaired) electrons. The molecular weight excluding hydrogens is 352 g/mol. The first kappa shape index (κ1) is 18.4. The lowest BCUT2D eigenvalue weighted by Gasteiger charge is -2.51. The van der Waals surface area contributed by atoms with Gasteiger partial charge >= 0.3 is 0 Å². The van der Waals surface area contributed by atoms with E-state index in [9.17, 15) is 9.90 Å². The van der Waals surface area contributed by atoms with Crippen molar-refractivity contribution < 1.29 is 19.4 Å². The number of benzene rings is 2. The number of ketones is 1. The van der Waals surface area contributed by atoms with E-state index in [2.05, 4.69) is 11.8 Å². The number of rotatable bonds is 3. The van der Waals surface area contributed by atoms with Gasteiger partial charge in [-0.05, 0) is 35.9 Å². The molecule has 2 aromatic carbocycles. The average molecular weight is 372 g/mol. The summed E-state index contributed by atoms with van der Waals surface area (Å²) < 4.78 is 11.4. The second-order valence-corrected chi connectivity index (χ2v) is 6.85. The fourth-order valence-corrected chi connectivity index (χ4v) is 3.87. The minimum Gasteiger partial charge on any atom is -0.368 e. The van der Waals surface area contributed by atoms with Crippen LogP contribution in [0.25, 0.3) is 5.57 Å². The third-order valence-electron chi connectivity index (χ3n) is 5.46. The van der Waals surface area contributed by atoms with Gasteiger partial charge in [0, 0.05) is 25.4 Å². The maximum absolute atomic E-state index is 13.6. The largest absolute Gasteiger partial charge is 0.368 e. The molecule has 0 fully saturated rings. The summed E-state index contributed by atoms with van der Waals surface area (Å²) in [5, 5.41) is 11.5. The molecule has 140 valence electrons. The Balaban J connectivity index is 1.92. The highest BCUT2D eigenvalue weighted by atomic mass is 16.5. The maximum atomic E-state index is 13.6. The summed E-state index contributed by atoms with van der Waals surface area (Å²) in [5.41, 5.74) is -2.77. The first-order chi connectivity index (χ1) is 13.5. The van der Waals surface area contributed by atoms with E-state index in [1.807, 2.05) is 60.7 Å². The molecule has 1 N–H and O–H groups in total. The molecule has 0 saturated carbocycles. The van der Waals surface area contributed by atoms with Crippen LogP contribution < -0.4 is 0 Å². The first-order valence-corrected chi connectivity index (χ1v) is 8.96. The molecule has 2 bridgehead atoms. The summed E-state index contributed by atoms with van der Waals surface area (Å²) in [6.07, 6.45) is 5.05. The zero-order valence-corrected chi connectivity index (χ0v) is 15.7. The van der Waals surface area contributed by atoms with Gasteiger partial charge in [0.1, 0.15) is 0 Å². The van der Waals surface area contributed by atoms with Crippen LogP contribution in [0, 0.1) is 11.8 Å². The number of carbonyl (C=O) groups is 1. The number of hydrogen-bond donors (Lipinski definition) is 1. The molecule has 3 unspecified atom stereocenters. The van der Waals surface area contributed by atoms with Gasteiger partial charge in [-0.3, -0.25) is 4.79 Å². The molecule has 0 aliphatic heterocycles. The third-order valence-corrected chi connectivity index (χ3v) is 5.46. The molecule has 3 atom stereocenters. The van der Waals surface area contributed by atoms with Crippen LogP contribution in [0.2, 0.25) is 0 Å². The van der Waals surface area contributed by atoms with Crippen molar-refractivity contribution in [1.82, 2.24) is 0 Å². The molecule has 28 heavy (non-hydrogen) atoms. The highest BCUT2D eigenvalue weighted by Gasteiger charge is 2.67. The fourth-order valence-electron chi connectivity index (χ4n) is 3.87. The van der Waals surface area contributed by atoms with Crippen molar-refractivity contribution in [3.8, 4) is 11.8 Å². The molecule has 0 saturated heterocycles. The van der Waals surface area contributed by atoms with Crippen molar-refractivity contribution in [2.75, 3.05) is 14.2 Å². The quantitative estimate of drug-likeness (QED) is 0.665. The number of Topliss-reactive ketones (excluding diaryl/α,β-unsaturated/α-hetero) is 1. The maximum Gasteiger partial charge on any atom is 0.225 e. The highest BCUT2D eigenvalue weighted by Crippen LogP contribution is 2.51. The lowest BCUT2D eigenvalue weighted by molar-refractivity contribution is -0.166. The van der Waals surface area contributed by atoms with Gasteiger partial charge in [-0.1, -0.05) is 60.4 Å². The Morgan fingerprint density at radius 1 is 0.893 bits per heavy atom. The molecule has 3 aliphatic rings. The predicted molar refractivity (Wildman–Crippen MR) is 106 cm³/mol. The molecule has 5 rings (SSSR count). The predicted octanol–water partition coefficient (Wildman–Crippen LogP) is 2.78. The number of fused-ring (bicyclic) bond motifs is 1. The number of methoxy groups -OCH3 is 2. The molecule has 4 nitrogen and oxygen atoms in total. The second-order valence-electron chi connectivity index (χ2n) is 6.85. The van der Waals surface area contributed by atoms with E-state index in [1.165, 1.54) is 14.2 Å². The van der Waals surface area contributed by atoms with E-state index >= 15 is 0 Å². The topological polar surface area (TPSA) is 55.8 Å². The van der Waals surface area contributed by atoms with Crippen molar-refractivity contribution in [2.24, 2.45) is 0 Å². The highest BCUT2D eigenvalue weighted by molar-refractivity contribution is 6.14. The van der Waals surface area contributed by atoms with Gasteiger partial charge in [0.2, 0.25) is 11.4 Å².